The molecule has 4 nitrogen and oxygen atoms in total. The molecule has 1 saturated carbocycles. The average Bonchev–Trinajstić information content (AvgIpc) is 3.16. The zero-order chi connectivity index (χ0) is 14.6. The Labute approximate surface area is 126 Å². The SMILES string of the molecule is CCc1nn(CC)c(CC2(CNCCOC)CC2)c1Cl. The molecule has 0 aromatic carbocycles. The smallest absolute Gasteiger partial charge is 0.0850 e. The first-order valence-electron chi connectivity index (χ1n) is 7.59. The van der Waals surface area contributed by atoms with Gasteiger partial charge < -0.3 is 10.1 Å². The van der Waals surface area contributed by atoms with Gasteiger partial charge in [0, 0.05) is 26.7 Å². The number of nitrogens with zero attached hydrogens (tertiary/aromatic N) is 2. The fraction of sp³-hybridized carbons (Fsp3) is 0.800. The number of nitrogens with one attached hydrogen (secondary N) is 1. The second kappa shape index (κ2) is 6.92. The van der Waals surface area contributed by atoms with Crippen LogP contribution in [0.25, 0.3) is 0 Å². The number of aromatic nitrogens is 2. The summed E-state index contributed by atoms with van der Waals surface area (Å²) >= 11 is 6.50. The van der Waals surface area contributed by atoms with Gasteiger partial charge >= 0.3 is 0 Å². The fourth-order valence-electron chi connectivity index (χ4n) is 2.66. The molecular weight excluding hydrogens is 274 g/mol. The minimum atomic E-state index is 0.384. The molecule has 0 aliphatic heterocycles. The van der Waals surface area contributed by atoms with Gasteiger partial charge in [0.25, 0.3) is 0 Å². The molecule has 0 radical (unpaired) electrons. The van der Waals surface area contributed by atoms with Crippen molar-refractivity contribution in [1.82, 2.24) is 15.1 Å². The van der Waals surface area contributed by atoms with Crippen LogP contribution in [-0.4, -0.2) is 36.6 Å². The zero-order valence-electron chi connectivity index (χ0n) is 12.8. The molecule has 0 bridgehead atoms. The average molecular weight is 300 g/mol. The van der Waals surface area contributed by atoms with Crippen LogP contribution in [0.2, 0.25) is 5.02 Å². The van der Waals surface area contributed by atoms with E-state index >= 15 is 0 Å². The van der Waals surface area contributed by atoms with Crippen molar-refractivity contribution < 1.29 is 4.74 Å². The molecule has 1 aromatic heterocycles. The summed E-state index contributed by atoms with van der Waals surface area (Å²) in [6.45, 7) is 7.86. The molecule has 2 rings (SSSR count). The van der Waals surface area contributed by atoms with Crippen molar-refractivity contribution in [2.45, 2.75) is 46.1 Å². The molecule has 0 unspecified atom stereocenters. The lowest BCUT2D eigenvalue weighted by Gasteiger charge is -2.17. The number of halogens is 1. The van der Waals surface area contributed by atoms with Crippen LogP contribution in [0, 0.1) is 5.41 Å². The molecule has 1 aliphatic rings. The molecule has 5 heteroatoms. The number of hydrogen-bond acceptors (Lipinski definition) is 3. The first-order chi connectivity index (χ1) is 9.65. The lowest BCUT2D eigenvalue weighted by molar-refractivity contribution is 0.197. The van der Waals surface area contributed by atoms with Crippen LogP contribution in [0.1, 0.15) is 38.1 Å². The van der Waals surface area contributed by atoms with Crippen LogP contribution >= 0.6 is 11.6 Å². The van der Waals surface area contributed by atoms with Crippen molar-refractivity contribution in [3.63, 3.8) is 0 Å². The predicted molar refractivity (Wildman–Crippen MR) is 82.4 cm³/mol. The van der Waals surface area contributed by atoms with Gasteiger partial charge in [-0.05, 0) is 38.0 Å². The highest BCUT2D eigenvalue weighted by Crippen LogP contribution is 2.48. The molecule has 1 N–H and O–H groups in total. The normalized spacial score (nSPS) is 16.6. The third kappa shape index (κ3) is 3.54. The van der Waals surface area contributed by atoms with E-state index in [1.807, 2.05) is 0 Å². The number of ether oxygens (including phenoxy) is 1. The van der Waals surface area contributed by atoms with E-state index in [1.165, 1.54) is 18.5 Å². The van der Waals surface area contributed by atoms with Crippen LogP contribution < -0.4 is 5.32 Å². The lowest BCUT2D eigenvalue weighted by Crippen LogP contribution is -2.29. The van der Waals surface area contributed by atoms with Gasteiger partial charge in [-0.1, -0.05) is 18.5 Å². The molecule has 0 atom stereocenters. The van der Waals surface area contributed by atoms with E-state index in [-0.39, 0.29) is 0 Å². The van der Waals surface area contributed by atoms with Gasteiger partial charge in [0.2, 0.25) is 0 Å². The highest BCUT2D eigenvalue weighted by atomic mass is 35.5. The molecular formula is C15H26ClN3O. The van der Waals surface area contributed by atoms with E-state index in [1.54, 1.807) is 7.11 Å². The maximum atomic E-state index is 6.50. The van der Waals surface area contributed by atoms with Crippen LogP contribution in [0.3, 0.4) is 0 Å². The van der Waals surface area contributed by atoms with Crippen molar-refractivity contribution in [3.8, 4) is 0 Å². The Kier molecular flexibility index (Phi) is 5.47. The van der Waals surface area contributed by atoms with E-state index in [9.17, 15) is 0 Å². The number of rotatable bonds is 9. The van der Waals surface area contributed by atoms with Crippen LogP contribution in [0.15, 0.2) is 0 Å². The van der Waals surface area contributed by atoms with E-state index in [2.05, 4.69) is 28.9 Å². The Morgan fingerprint density at radius 3 is 2.70 bits per heavy atom. The summed E-state index contributed by atoms with van der Waals surface area (Å²) in [4.78, 5) is 0. The van der Waals surface area contributed by atoms with Crippen LogP contribution in [0.4, 0.5) is 0 Å². The second-order valence-electron chi connectivity index (χ2n) is 5.72. The van der Waals surface area contributed by atoms with E-state index in [0.717, 1.165) is 49.8 Å². The first kappa shape index (κ1) is 15.8. The maximum absolute atomic E-state index is 6.50. The molecule has 114 valence electrons. The summed E-state index contributed by atoms with van der Waals surface area (Å²) in [6.07, 6.45) is 4.49. The van der Waals surface area contributed by atoms with Crippen molar-refractivity contribution in [2.24, 2.45) is 5.41 Å². The summed E-state index contributed by atoms with van der Waals surface area (Å²) in [5.74, 6) is 0. The molecule has 1 heterocycles. The topological polar surface area (TPSA) is 39.1 Å². The molecule has 1 aromatic rings. The third-order valence-corrected chi connectivity index (χ3v) is 4.61. The van der Waals surface area contributed by atoms with Gasteiger partial charge in [-0.3, -0.25) is 4.68 Å². The van der Waals surface area contributed by atoms with Crippen LogP contribution in [0.5, 0.6) is 0 Å². The van der Waals surface area contributed by atoms with Gasteiger partial charge in [0.1, 0.15) is 0 Å². The summed E-state index contributed by atoms with van der Waals surface area (Å²) in [5.41, 5.74) is 2.64. The lowest BCUT2D eigenvalue weighted by atomic mass is 9.99. The van der Waals surface area contributed by atoms with Gasteiger partial charge in [0.05, 0.1) is 23.0 Å². The zero-order valence-corrected chi connectivity index (χ0v) is 13.6. The summed E-state index contributed by atoms with van der Waals surface area (Å²) in [5, 5.41) is 8.99. The van der Waals surface area contributed by atoms with Gasteiger partial charge in [-0.15, -0.1) is 0 Å². The Morgan fingerprint density at radius 1 is 1.40 bits per heavy atom. The highest BCUT2D eigenvalue weighted by molar-refractivity contribution is 6.31. The monoisotopic (exact) mass is 299 g/mol. The van der Waals surface area contributed by atoms with Gasteiger partial charge in [0.15, 0.2) is 0 Å². The molecule has 1 aliphatic carbocycles. The van der Waals surface area contributed by atoms with Crippen molar-refractivity contribution in [2.75, 3.05) is 26.8 Å². The quantitative estimate of drug-likeness (QED) is 0.713. The largest absolute Gasteiger partial charge is 0.383 e. The Morgan fingerprint density at radius 2 is 2.15 bits per heavy atom. The molecule has 0 amide bonds. The van der Waals surface area contributed by atoms with E-state index in [4.69, 9.17) is 16.3 Å². The predicted octanol–water partition coefficient (Wildman–Crippen LogP) is 2.68. The second-order valence-corrected chi connectivity index (χ2v) is 6.10. The number of aryl methyl sites for hydroxylation is 2. The van der Waals surface area contributed by atoms with Gasteiger partial charge in [-0.2, -0.15) is 5.10 Å². The molecule has 0 saturated heterocycles. The third-order valence-electron chi connectivity index (χ3n) is 4.18. The van der Waals surface area contributed by atoms with Crippen molar-refractivity contribution in [1.29, 1.82) is 0 Å². The Hall–Kier alpha value is -0.580. The number of hydrogen-bond donors (Lipinski definition) is 1. The molecule has 1 fully saturated rings. The standard InChI is InChI=1S/C15H26ClN3O/c1-4-12-14(16)13(19(5-2)18-12)10-15(6-7-15)11-17-8-9-20-3/h17H,4-11H2,1-3H3. The summed E-state index contributed by atoms with van der Waals surface area (Å²) in [7, 11) is 1.74. The summed E-state index contributed by atoms with van der Waals surface area (Å²) < 4.78 is 7.15. The highest BCUT2D eigenvalue weighted by Gasteiger charge is 2.43. The van der Waals surface area contributed by atoms with Crippen LogP contribution in [-0.2, 0) is 24.1 Å². The van der Waals surface area contributed by atoms with Crippen molar-refractivity contribution >= 4 is 11.6 Å². The van der Waals surface area contributed by atoms with E-state index < -0.39 is 0 Å². The molecule has 0 spiro atoms. The Balaban J connectivity index is 2.00. The number of methoxy groups -OCH3 is 1. The van der Waals surface area contributed by atoms with E-state index in [0.29, 0.717) is 5.41 Å². The minimum absolute atomic E-state index is 0.384. The minimum Gasteiger partial charge on any atom is -0.383 e. The molecule has 20 heavy (non-hydrogen) atoms. The Bertz CT molecular complexity index is 441. The fourth-order valence-corrected chi connectivity index (χ4v) is 3.00. The van der Waals surface area contributed by atoms with Crippen molar-refractivity contribution in [3.05, 3.63) is 16.4 Å². The first-order valence-corrected chi connectivity index (χ1v) is 7.97. The van der Waals surface area contributed by atoms with Gasteiger partial charge in [-0.25, -0.2) is 0 Å². The maximum Gasteiger partial charge on any atom is 0.0850 e. The summed E-state index contributed by atoms with van der Waals surface area (Å²) in [6, 6.07) is 0.